The van der Waals surface area contributed by atoms with E-state index in [0.717, 1.165) is 15.3 Å². The molecule has 0 aliphatic heterocycles. The summed E-state index contributed by atoms with van der Waals surface area (Å²) in [5.74, 6) is -0.243. The van der Waals surface area contributed by atoms with Crippen LogP contribution in [0.15, 0.2) is 66.7 Å². The Morgan fingerprint density at radius 3 is 2.25 bits per heavy atom. The summed E-state index contributed by atoms with van der Waals surface area (Å²) >= 11 is 7.14. The molecule has 0 nitrogen and oxygen atoms in total. The molecule has 98 valence electrons. The van der Waals surface area contributed by atoms with Gasteiger partial charge in [0.05, 0.1) is 4.86 Å². The molecule has 0 aliphatic carbocycles. The molecule has 3 rings (SSSR count). The van der Waals surface area contributed by atoms with Gasteiger partial charge in [-0.2, -0.15) is 0 Å². The monoisotopic (exact) mass is 298 g/mol. The van der Waals surface area contributed by atoms with Crippen molar-refractivity contribution in [2.24, 2.45) is 0 Å². The first-order valence-corrected chi connectivity index (χ1v) is 7.42. The van der Waals surface area contributed by atoms with E-state index in [1.165, 1.54) is 22.6 Å². The van der Waals surface area contributed by atoms with E-state index in [1.807, 2.05) is 24.3 Å². The van der Waals surface area contributed by atoms with Crippen LogP contribution < -0.4 is 0 Å². The maximum absolute atomic E-state index is 12.9. The summed E-state index contributed by atoms with van der Waals surface area (Å²) in [6.07, 6.45) is 0. The minimum atomic E-state index is -0.243. The Balaban J connectivity index is 1.90. The molecular weight excluding hydrogens is 287 g/mol. The Morgan fingerprint density at radius 1 is 0.850 bits per heavy atom. The number of hydrogen-bond acceptors (Lipinski definition) is 2. The Hall–Kier alpha value is -1.84. The zero-order valence-corrected chi connectivity index (χ0v) is 12.2. The molecule has 1 heterocycles. The normalized spacial score (nSPS) is 10.4. The van der Waals surface area contributed by atoms with Gasteiger partial charge in [0, 0.05) is 9.75 Å². The second-order valence-corrected chi connectivity index (χ2v) is 5.86. The van der Waals surface area contributed by atoms with E-state index in [9.17, 15) is 4.39 Å². The summed E-state index contributed by atoms with van der Waals surface area (Å²) in [5, 5.41) is 0. The van der Waals surface area contributed by atoms with Gasteiger partial charge in [-0.05, 0) is 35.4 Å². The van der Waals surface area contributed by atoms with E-state index < -0.39 is 0 Å². The molecular formula is C17H11FS2. The number of rotatable bonds is 3. The fourth-order valence-electron chi connectivity index (χ4n) is 1.96. The summed E-state index contributed by atoms with van der Waals surface area (Å²) in [7, 11) is 0. The molecule has 0 N–H and O–H groups in total. The maximum atomic E-state index is 12.9. The molecule has 2 aromatic carbocycles. The molecule has 0 bridgehead atoms. The van der Waals surface area contributed by atoms with E-state index in [0.29, 0.717) is 0 Å². The van der Waals surface area contributed by atoms with E-state index in [2.05, 4.69) is 18.2 Å². The molecule has 0 saturated carbocycles. The number of benzene rings is 2. The lowest BCUT2D eigenvalue weighted by molar-refractivity contribution is 0.628. The fraction of sp³-hybridized carbons (Fsp3) is 0. The summed E-state index contributed by atoms with van der Waals surface area (Å²) < 4.78 is 12.9. The fourth-order valence-corrected chi connectivity index (χ4v) is 3.26. The Kier molecular flexibility index (Phi) is 3.72. The lowest BCUT2D eigenvalue weighted by Crippen LogP contribution is -1.96. The third-order valence-electron chi connectivity index (χ3n) is 2.99. The van der Waals surface area contributed by atoms with E-state index in [-0.39, 0.29) is 5.82 Å². The van der Waals surface area contributed by atoms with Crippen LogP contribution in [0.5, 0.6) is 0 Å². The first-order valence-electron chi connectivity index (χ1n) is 6.19. The molecule has 0 aliphatic rings. The highest BCUT2D eigenvalue weighted by atomic mass is 32.1. The molecule has 3 aromatic rings. The van der Waals surface area contributed by atoms with Gasteiger partial charge in [-0.25, -0.2) is 4.39 Å². The second kappa shape index (κ2) is 5.65. The predicted molar refractivity (Wildman–Crippen MR) is 87.0 cm³/mol. The van der Waals surface area contributed by atoms with Crippen LogP contribution in [0.4, 0.5) is 4.39 Å². The van der Waals surface area contributed by atoms with Crippen molar-refractivity contribution >= 4 is 28.4 Å². The topological polar surface area (TPSA) is 0 Å². The maximum Gasteiger partial charge on any atom is 0.123 e. The van der Waals surface area contributed by atoms with Crippen LogP contribution in [0.3, 0.4) is 0 Å². The van der Waals surface area contributed by atoms with Crippen molar-refractivity contribution in [3.63, 3.8) is 0 Å². The highest BCUT2D eigenvalue weighted by Crippen LogP contribution is 2.29. The molecule has 0 spiro atoms. The lowest BCUT2D eigenvalue weighted by Gasteiger charge is -2.01. The van der Waals surface area contributed by atoms with Crippen LogP contribution in [0.1, 0.15) is 10.4 Å². The Morgan fingerprint density at radius 2 is 1.55 bits per heavy atom. The molecule has 0 amide bonds. The SMILES string of the molecule is Fc1ccc(C(=S)c2ccc(-c3ccccc3)s2)cc1. The van der Waals surface area contributed by atoms with Crippen molar-refractivity contribution < 1.29 is 4.39 Å². The molecule has 3 heteroatoms. The van der Waals surface area contributed by atoms with Crippen LogP contribution in [0, 0.1) is 5.82 Å². The summed E-state index contributed by atoms with van der Waals surface area (Å²) in [5.41, 5.74) is 2.06. The molecule has 0 fully saturated rings. The van der Waals surface area contributed by atoms with Gasteiger partial charge in [0.25, 0.3) is 0 Å². The molecule has 0 saturated heterocycles. The summed E-state index contributed by atoms with van der Waals surface area (Å²) in [6, 6.07) is 20.6. The highest BCUT2D eigenvalue weighted by Gasteiger charge is 2.09. The largest absolute Gasteiger partial charge is 0.207 e. The molecule has 1 aromatic heterocycles. The van der Waals surface area contributed by atoms with Crippen LogP contribution >= 0.6 is 23.6 Å². The smallest absolute Gasteiger partial charge is 0.123 e. The van der Waals surface area contributed by atoms with Crippen molar-refractivity contribution in [2.45, 2.75) is 0 Å². The quantitative estimate of drug-likeness (QED) is 0.466. The first-order chi connectivity index (χ1) is 9.74. The minimum absolute atomic E-state index is 0.243. The van der Waals surface area contributed by atoms with E-state index >= 15 is 0 Å². The van der Waals surface area contributed by atoms with Crippen molar-refractivity contribution in [3.8, 4) is 10.4 Å². The van der Waals surface area contributed by atoms with Gasteiger partial charge in [-0.15, -0.1) is 11.3 Å². The van der Waals surface area contributed by atoms with Gasteiger partial charge in [0.15, 0.2) is 0 Å². The van der Waals surface area contributed by atoms with Gasteiger partial charge in [0.2, 0.25) is 0 Å². The second-order valence-electron chi connectivity index (χ2n) is 4.37. The summed E-state index contributed by atoms with van der Waals surface area (Å²) in [4.78, 5) is 2.98. The van der Waals surface area contributed by atoms with Crippen LogP contribution in [0.2, 0.25) is 0 Å². The average Bonchev–Trinajstić information content (AvgIpc) is 2.98. The van der Waals surface area contributed by atoms with Crippen molar-refractivity contribution in [3.05, 3.63) is 83.0 Å². The van der Waals surface area contributed by atoms with Crippen molar-refractivity contribution in [1.82, 2.24) is 0 Å². The summed E-state index contributed by atoms with van der Waals surface area (Å²) in [6.45, 7) is 0. The number of halogens is 1. The number of thiophene rings is 1. The minimum Gasteiger partial charge on any atom is -0.207 e. The predicted octanol–water partition coefficient (Wildman–Crippen LogP) is 5.32. The van der Waals surface area contributed by atoms with Gasteiger partial charge >= 0.3 is 0 Å². The number of thiocarbonyl (C=S) groups is 1. The van der Waals surface area contributed by atoms with Crippen molar-refractivity contribution in [1.29, 1.82) is 0 Å². The standard InChI is InChI=1S/C17H11FS2/c18-14-8-6-13(7-9-14)17(19)16-11-10-15(20-16)12-4-2-1-3-5-12/h1-11H. The third kappa shape index (κ3) is 2.69. The molecule has 0 atom stereocenters. The van der Waals surface area contributed by atoms with E-state index in [4.69, 9.17) is 12.2 Å². The zero-order valence-electron chi connectivity index (χ0n) is 10.5. The zero-order chi connectivity index (χ0) is 13.9. The Bertz CT molecular complexity index is 727. The molecule has 20 heavy (non-hydrogen) atoms. The van der Waals surface area contributed by atoms with Crippen molar-refractivity contribution in [2.75, 3.05) is 0 Å². The van der Waals surface area contributed by atoms with Crippen LogP contribution in [0.25, 0.3) is 10.4 Å². The molecule has 0 radical (unpaired) electrons. The number of hydrogen-bond donors (Lipinski definition) is 0. The van der Waals surface area contributed by atoms with Crippen LogP contribution in [-0.2, 0) is 0 Å². The van der Waals surface area contributed by atoms with Gasteiger partial charge in [0.1, 0.15) is 5.82 Å². The van der Waals surface area contributed by atoms with Gasteiger partial charge in [-0.3, -0.25) is 0 Å². The Labute approximate surface area is 126 Å². The average molecular weight is 298 g/mol. The third-order valence-corrected chi connectivity index (χ3v) is 4.73. The van der Waals surface area contributed by atoms with Gasteiger partial charge in [-0.1, -0.05) is 54.7 Å². The van der Waals surface area contributed by atoms with Crippen LogP contribution in [-0.4, -0.2) is 4.86 Å². The highest BCUT2D eigenvalue weighted by molar-refractivity contribution is 7.81. The molecule has 0 unspecified atom stereocenters. The lowest BCUT2D eigenvalue weighted by atomic mass is 10.1. The first kappa shape index (κ1) is 13.2. The van der Waals surface area contributed by atoms with E-state index in [1.54, 1.807) is 23.5 Å². The van der Waals surface area contributed by atoms with Gasteiger partial charge < -0.3 is 0 Å².